The third-order valence-corrected chi connectivity index (χ3v) is 5.66. The van der Waals surface area contributed by atoms with Crippen molar-refractivity contribution in [3.05, 3.63) is 42.0 Å². The van der Waals surface area contributed by atoms with Gasteiger partial charge in [0.15, 0.2) is 0 Å². The first-order valence-electron chi connectivity index (χ1n) is 9.23. The SMILES string of the molecule is CCCCC/C=C/CC(CCCC)NS(=O)(=O)c1ccc(C)cc1. The maximum atomic E-state index is 12.6. The second kappa shape index (κ2) is 11.4. The Kier molecular flexibility index (Phi) is 9.96. The van der Waals surface area contributed by atoms with E-state index in [-0.39, 0.29) is 6.04 Å². The zero-order valence-corrected chi connectivity index (χ0v) is 16.2. The first kappa shape index (κ1) is 20.9. The lowest BCUT2D eigenvalue weighted by molar-refractivity contribution is 0.513. The van der Waals surface area contributed by atoms with Gasteiger partial charge >= 0.3 is 0 Å². The van der Waals surface area contributed by atoms with Gasteiger partial charge in [-0.2, -0.15) is 0 Å². The molecular formula is C20H33NO2S. The lowest BCUT2D eigenvalue weighted by Gasteiger charge is -2.17. The van der Waals surface area contributed by atoms with Crippen molar-refractivity contribution in [2.45, 2.75) is 83.1 Å². The van der Waals surface area contributed by atoms with E-state index in [9.17, 15) is 8.42 Å². The van der Waals surface area contributed by atoms with Crippen LogP contribution in [0.3, 0.4) is 0 Å². The van der Waals surface area contributed by atoms with Crippen LogP contribution in [0.2, 0.25) is 0 Å². The van der Waals surface area contributed by atoms with Crippen molar-refractivity contribution < 1.29 is 8.42 Å². The Morgan fingerprint density at radius 2 is 1.67 bits per heavy atom. The van der Waals surface area contributed by atoms with Crippen molar-refractivity contribution in [2.75, 3.05) is 0 Å². The molecule has 1 N–H and O–H groups in total. The molecule has 24 heavy (non-hydrogen) atoms. The van der Waals surface area contributed by atoms with Gasteiger partial charge < -0.3 is 0 Å². The van der Waals surface area contributed by atoms with E-state index in [0.717, 1.165) is 37.7 Å². The van der Waals surface area contributed by atoms with Crippen molar-refractivity contribution in [3.63, 3.8) is 0 Å². The topological polar surface area (TPSA) is 46.2 Å². The highest BCUT2D eigenvalue weighted by atomic mass is 32.2. The van der Waals surface area contributed by atoms with Crippen LogP contribution in [-0.2, 0) is 10.0 Å². The highest BCUT2D eigenvalue weighted by molar-refractivity contribution is 7.89. The van der Waals surface area contributed by atoms with Crippen molar-refractivity contribution in [3.8, 4) is 0 Å². The molecule has 0 spiro atoms. The number of allylic oxidation sites excluding steroid dienone is 1. The fourth-order valence-corrected chi connectivity index (χ4v) is 3.85. The summed E-state index contributed by atoms with van der Waals surface area (Å²) in [5.41, 5.74) is 1.06. The average Bonchev–Trinajstić information content (AvgIpc) is 2.55. The molecule has 1 aromatic carbocycles. The van der Waals surface area contributed by atoms with Gasteiger partial charge in [0, 0.05) is 6.04 Å². The maximum Gasteiger partial charge on any atom is 0.240 e. The van der Waals surface area contributed by atoms with Crippen LogP contribution in [0, 0.1) is 6.92 Å². The second-order valence-electron chi connectivity index (χ2n) is 6.48. The monoisotopic (exact) mass is 351 g/mol. The van der Waals surface area contributed by atoms with Gasteiger partial charge in [-0.1, -0.05) is 69.4 Å². The number of benzene rings is 1. The molecule has 1 atom stereocenters. The van der Waals surface area contributed by atoms with E-state index in [4.69, 9.17) is 0 Å². The van der Waals surface area contributed by atoms with Gasteiger partial charge in [0.25, 0.3) is 0 Å². The molecule has 0 aliphatic carbocycles. The summed E-state index contributed by atoms with van der Waals surface area (Å²) in [6.45, 7) is 6.29. The molecule has 1 unspecified atom stereocenters. The van der Waals surface area contributed by atoms with Gasteiger partial charge in [-0.25, -0.2) is 13.1 Å². The third-order valence-electron chi connectivity index (χ3n) is 4.12. The highest BCUT2D eigenvalue weighted by Crippen LogP contribution is 2.14. The molecule has 0 heterocycles. The summed E-state index contributed by atoms with van der Waals surface area (Å²) < 4.78 is 28.0. The second-order valence-corrected chi connectivity index (χ2v) is 8.19. The molecule has 1 aromatic rings. The summed E-state index contributed by atoms with van der Waals surface area (Å²) in [7, 11) is -3.44. The normalized spacial score (nSPS) is 13.5. The van der Waals surface area contributed by atoms with E-state index in [1.165, 1.54) is 19.3 Å². The largest absolute Gasteiger partial charge is 0.240 e. The molecule has 3 nitrogen and oxygen atoms in total. The molecule has 0 saturated heterocycles. The van der Waals surface area contributed by atoms with Crippen LogP contribution in [0.5, 0.6) is 0 Å². The van der Waals surface area contributed by atoms with E-state index in [2.05, 4.69) is 30.7 Å². The van der Waals surface area contributed by atoms with Gasteiger partial charge in [-0.3, -0.25) is 0 Å². The van der Waals surface area contributed by atoms with Crippen LogP contribution < -0.4 is 4.72 Å². The highest BCUT2D eigenvalue weighted by Gasteiger charge is 2.18. The Bertz CT molecular complexity index is 576. The first-order valence-corrected chi connectivity index (χ1v) is 10.7. The zero-order chi connectivity index (χ0) is 17.8. The van der Waals surface area contributed by atoms with Gasteiger partial charge in [0.2, 0.25) is 10.0 Å². The molecule has 0 amide bonds. The molecule has 0 aromatic heterocycles. The van der Waals surface area contributed by atoms with Crippen LogP contribution in [0.15, 0.2) is 41.3 Å². The molecule has 1 rings (SSSR count). The number of hydrogen-bond acceptors (Lipinski definition) is 2. The molecule has 0 aliphatic rings. The minimum absolute atomic E-state index is 0.0290. The zero-order valence-electron chi connectivity index (χ0n) is 15.4. The molecule has 0 bridgehead atoms. The van der Waals surface area contributed by atoms with Crippen LogP contribution in [0.25, 0.3) is 0 Å². The average molecular weight is 352 g/mol. The molecule has 0 fully saturated rings. The van der Waals surface area contributed by atoms with Crippen molar-refractivity contribution in [1.29, 1.82) is 0 Å². The van der Waals surface area contributed by atoms with Gasteiger partial charge in [0.05, 0.1) is 4.90 Å². The van der Waals surface area contributed by atoms with Crippen molar-refractivity contribution >= 4 is 10.0 Å². The maximum absolute atomic E-state index is 12.6. The Hall–Kier alpha value is -1.13. The van der Waals surface area contributed by atoms with Crippen molar-refractivity contribution in [1.82, 2.24) is 4.72 Å². The van der Waals surface area contributed by atoms with Crippen molar-refractivity contribution in [2.24, 2.45) is 0 Å². The number of hydrogen-bond donors (Lipinski definition) is 1. The first-order chi connectivity index (χ1) is 11.5. The quantitative estimate of drug-likeness (QED) is 0.407. The Balaban J connectivity index is 2.65. The minimum atomic E-state index is -3.44. The number of rotatable bonds is 12. The van der Waals surface area contributed by atoms with E-state index >= 15 is 0 Å². The molecule has 0 radical (unpaired) electrons. The number of unbranched alkanes of at least 4 members (excludes halogenated alkanes) is 4. The van der Waals surface area contributed by atoms with Crippen LogP contribution in [-0.4, -0.2) is 14.5 Å². The molecular weight excluding hydrogens is 318 g/mol. The summed E-state index contributed by atoms with van der Waals surface area (Å²) >= 11 is 0. The summed E-state index contributed by atoms with van der Waals surface area (Å²) in [6.07, 6.45) is 12.8. The molecule has 136 valence electrons. The van der Waals surface area contributed by atoms with E-state index < -0.39 is 10.0 Å². The lowest BCUT2D eigenvalue weighted by Crippen LogP contribution is -2.34. The standard InChI is InChI=1S/C20H33NO2S/c1-4-6-8-9-10-11-13-19(12-7-5-2)21-24(22,23)20-16-14-18(3)15-17-20/h10-11,14-17,19,21H,4-9,12-13H2,1-3H3/b11-10+. The molecule has 4 heteroatoms. The third kappa shape index (κ3) is 8.11. The predicted molar refractivity (Wildman–Crippen MR) is 103 cm³/mol. The number of sulfonamides is 1. The Morgan fingerprint density at radius 3 is 2.29 bits per heavy atom. The fourth-order valence-electron chi connectivity index (χ4n) is 2.57. The number of nitrogens with one attached hydrogen (secondary N) is 1. The van der Waals surface area contributed by atoms with E-state index in [0.29, 0.717) is 4.90 Å². The molecule has 0 aliphatic heterocycles. The predicted octanol–water partition coefficient (Wildman–Crippen LogP) is 5.36. The minimum Gasteiger partial charge on any atom is -0.208 e. The summed E-state index contributed by atoms with van der Waals surface area (Å²) in [6, 6.07) is 7.00. The number of aryl methyl sites for hydroxylation is 1. The fraction of sp³-hybridized carbons (Fsp3) is 0.600. The van der Waals surface area contributed by atoms with Crippen LogP contribution in [0.1, 0.15) is 70.8 Å². The van der Waals surface area contributed by atoms with Crippen LogP contribution >= 0.6 is 0 Å². The smallest absolute Gasteiger partial charge is 0.208 e. The van der Waals surface area contributed by atoms with Gasteiger partial charge in [0.1, 0.15) is 0 Å². The van der Waals surface area contributed by atoms with Crippen LogP contribution in [0.4, 0.5) is 0 Å². The summed E-state index contributed by atoms with van der Waals surface area (Å²) in [4.78, 5) is 0.349. The summed E-state index contributed by atoms with van der Waals surface area (Å²) in [5.74, 6) is 0. The Morgan fingerprint density at radius 1 is 1.00 bits per heavy atom. The van der Waals surface area contributed by atoms with Gasteiger partial charge in [-0.05, 0) is 44.7 Å². The Labute approximate surface area is 148 Å². The molecule has 0 saturated carbocycles. The van der Waals surface area contributed by atoms with E-state index in [1.54, 1.807) is 12.1 Å². The summed E-state index contributed by atoms with van der Waals surface area (Å²) in [5, 5.41) is 0. The van der Waals surface area contributed by atoms with Gasteiger partial charge in [-0.15, -0.1) is 0 Å². The van der Waals surface area contributed by atoms with E-state index in [1.807, 2.05) is 19.1 Å². The lowest BCUT2D eigenvalue weighted by atomic mass is 10.1.